The zero-order chi connectivity index (χ0) is 16.9. The molecule has 0 spiro atoms. The first-order valence-corrected chi connectivity index (χ1v) is 8.51. The van der Waals surface area contributed by atoms with Crippen LogP contribution in [-0.2, 0) is 9.53 Å². The number of hydrogen-bond acceptors (Lipinski definition) is 5. The summed E-state index contributed by atoms with van der Waals surface area (Å²) in [6.07, 6.45) is 3.21. The molecule has 1 atom stereocenters. The predicted molar refractivity (Wildman–Crippen MR) is 88.8 cm³/mol. The van der Waals surface area contributed by atoms with Crippen LogP contribution >= 0.6 is 0 Å². The van der Waals surface area contributed by atoms with Crippen molar-refractivity contribution in [1.29, 1.82) is 0 Å². The van der Waals surface area contributed by atoms with Crippen molar-refractivity contribution in [1.82, 2.24) is 4.90 Å². The Morgan fingerprint density at radius 1 is 1.12 bits per heavy atom. The Bertz CT molecular complexity index is 540. The number of methoxy groups -OCH3 is 2. The minimum absolute atomic E-state index is 0.0451. The van der Waals surface area contributed by atoms with Gasteiger partial charge in [0.2, 0.25) is 5.75 Å². The average Bonchev–Trinajstić information content (AvgIpc) is 3.16. The van der Waals surface area contributed by atoms with Crippen LogP contribution in [0.15, 0.2) is 18.2 Å². The highest BCUT2D eigenvalue weighted by Gasteiger charge is 2.31. The molecule has 0 bridgehead atoms. The van der Waals surface area contributed by atoms with E-state index < -0.39 is 0 Å². The van der Waals surface area contributed by atoms with Gasteiger partial charge >= 0.3 is 0 Å². The van der Waals surface area contributed by atoms with Gasteiger partial charge in [0, 0.05) is 32.5 Å². The fraction of sp³-hybridized carbons (Fsp3) is 0.611. The van der Waals surface area contributed by atoms with Crippen molar-refractivity contribution in [2.24, 2.45) is 0 Å². The monoisotopic (exact) mass is 335 g/mol. The standard InChI is InChI=1S/C18H25NO5/c1-21-14-5-3-6-15(22-2)17(14)24-13-8-10-19(11-9-13)18(20)16-7-4-12-23-16/h3,5-6,13,16H,4,7-12H2,1-2H3/t16-/m1/s1. The van der Waals surface area contributed by atoms with Crippen LogP contribution in [0.3, 0.4) is 0 Å². The van der Waals surface area contributed by atoms with E-state index in [-0.39, 0.29) is 18.1 Å². The van der Waals surface area contributed by atoms with E-state index in [1.54, 1.807) is 14.2 Å². The van der Waals surface area contributed by atoms with Crippen LogP contribution in [0, 0.1) is 0 Å². The van der Waals surface area contributed by atoms with Crippen molar-refractivity contribution < 1.29 is 23.7 Å². The van der Waals surface area contributed by atoms with Gasteiger partial charge in [0.25, 0.3) is 5.91 Å². The van der Waals surface area contributed by atoms with E-state index >= 15 is 0 Å². The second kappa shape index (κ2) is 7.75. The molecule has 2 heterocycles. The smallest absolute Gasteiger partial charge is 0.251 e. The summed E-state index contributed by atoms with van der Waals surface area (Å²) in [7, 11) is 3.23. The Labute approximate surface area is 142 Å². The van der Waals surface area contributed by atoms with Crippen LogP contribution in [0.25, 0.3) is 0 Å². The SMILES string of the molecule is COc1cccc(OC)c1OC1CCN(C(=O)[C@H]2CCCO2)CC1. The molecule has 0 radical (unpaired) electrons. The molecule has 2 fully saturated rings. The van der Waals surface area contributed by atoms with Gasteiger partial charge in [-0.25, -0.2) is 0 Å². The fourth-order valence-electron chi connectivity index (χ4n) is 3.27. The van der Waals surface area contributed by atoms with E-state index in [0.29, 0.717) is 36.9 Å². The van der Waals surface area contributed by atoms with E-state index in [0.717, 1.165) is 25.7 Å². The molecule has 3 rings (SSSR count). The Hall–Kier alpha value is -1.95. The summed E-state index contributed by atoms with van der Waals surface area (Å²) in [6, 6.07) is 5.58. The van der Waals surface area contributed by atoms with Gasteiger partial charge < -0.3 is 23.8 Å². The third-order valence-corrected chi connectivity index (χ3v) is 4.63. The van der Waals surface area contributed by atoms with Gasteiger partial charge in [0.15, 0.2) is 11.5 Å². The molecule has 6 nitrogen and oxygen atoms in total. The van der Waals surface area contributed by atoms with Gasteiger partial charge in [-0.1, -0.05) is 6.07 Å². The molecule has 1 aromatic carbocycles. The minimum Gasteiger partial charge on any atom is -0.493 e. The van der Waals surface area contributed by atoms with Crippen molar-refractivity contribution in [2.75, 3.05) is 33.9 Å². The molecule has 0 unspecified atom stereocenters. The topological polar surface area (TPSA) is 57.2 Å². The lowest BCUT2D eigenvalue weighted by Crippen LogP contribution is -2.45. The van der Waals surface area contributed by atoms with Crippen LogP contribution in [0.2, 0.25) is 0 Å². The second-order valence-corrected chi connectivity index (χ2v) is 6.14. The van der Waals surface area contributed by atoms with Crippen LogP contribution < -0.4 is 14.2 Å². The lowest BCUT2D eigenvalue weighted by molar-refractivity contribution is -0.142. The average molecular weight is 335 g/mol. The number of likely N-dealkylation sites (tertiary alicyclic amines) is 1. The first-order valence-electron chi connectivity index (χ1n) is 8.51. The number of carbonyl (C=O) groups is 1. The molecule has 0 saturated carbocycles. The number of nitrogens with zero attached hydrogens (tertiary/aromatic N) is 1. The first kappa shape index (κ1) is 16.9. The molecule has 1 amide bonds. The highest BCUT2D eigenvalue weighted by Crippen LogP contribution is 2.38. The summed E-state index contributed by atoms with van der Waals surface area (Å²) in [4.78, 5) is 14.3. The number of carbonyl (C=O) groups excluding carboxylic acids is 1. The zero-order valence-electron chi connectivity index (χ0n) is 14.3. The van der Waals surface area contributed by atoms with Gasteiger partial charge in [-0.05, 0) is 25.0 Å². The first-order chi connectivity index (χ1) is 11.7. The molecule has 0 aromatic heterocycles. The van der Waals surface area contributed by atoms with Gasteiger partial charge in [-0.3, -0.25) is 4.79 Å². The predicted octanol–water partition coefficient (Wildman–Crippen LogP) is 2.25. The lowest BCUT2D eigenvalue weighted by atomic mass is 10.1. The maximum Gasteiger partial charge on any atom is 0.251 e. The van der Waals surface area contributed by atoms with Crippen molar-refractivity contribution in [2.45, 2.75) is 37.9 Å². The van der Waals surface area contributed by atoms with Crippen LogP contribution in [0.5, 0.6) is 17.2 Å². The van der Waals surface area contributed by atoms with Gasteiger partial charge in [0.05, 0.1) is 14.2 Å². The zero-order valence-corrected chi connectivity index (χ0v) is 14.3. The molecule has 132 valence electrons. The van der Waals surface area contributed by atoms with Crippen molar-refractivity contribution in [3.63, 3.8) is 0 Å². The quantitative estimate of drug-likeness (QED) is 0.826. The Morgan fingerprint density at radius 2 is 1.79 bits per heavy atom. The van der Waals surface area contributed by atoms with Gasteiger partial charge in [-0.2, -0.15) is 0 Å². The molecule has 6 heteroatoms. The molecule has 0 aliphatic carbocycles. The molecule has 24 heavy (non-hydrogen) atoms. The summed E-state index contributed by atoms with van der Waals surface area (Å²) in [5.74, 6) is 2.08. The summed E-state index contributed by atoms with van der Waals surface area (Å²) < 4.78 is 22.4. The highest BCUT2D eigenvalue weighted by molar-refractivity contribution is 5.81. The lowest BCUT2D eigenvalue weighted by Gasteiger charge is -2.33. The molecule has 1 aromatic rings. The van der Waals surface area contributed by atoms with Crippen LogP contribution in [-0.4, -0.2) is 56.9 Å². The number of rotatable bonds is 5. The highest BCUT2D eigenvalue weighted by atomic mass is 16.5. The van der Waals surface area contributed by atoms with E-state index in [9.17, 15) is 4.79 Å². The molecule has 2 saturated heterocycles. The van der Waals surface area contributed by atoms with Crippen LogP contribution in [0.4, 0.5) is 0 Å². The Balaban J connectivity index is 1.58. The van der Waals surface area contributed by atoms with Crippen molar-refractivity contribution in [3.8, 4) is 17.2 Å². The number of para-hydroxylation sites is 1. The third kappa shape index (κ3) is 3.59. The number of hydrogen-bond donors (Lipinski definition) is 0. The number of benzene rings is 1. The largest absolute Gasteiger partial charge is 0.493 e. The fourth-order valence-corrected chi connectivity index (χ4v) is 3.27. The number of piperidine rings is 1. The Kier molecular flexibility index (Phi) is 5.45. The second-order valence-electron chi connectivity index (χ2n) is 6.14. The van der Waals surface area contributed by atoms with E-state index in [1.165, 1.54) is 0 Å². The Morgan fingerprint density at radius 3 is 2.33 bits per heavy atom. The molecular formula is C18H25NO5. The summed E-state index contributed by atoms with van der Waals surface area (Å²) in [5.41, 5.74) is 0. The minimum atomic E-state index is -0.239. The van der Waals surface area contributed by atoms with E-state index in [1.807, 2.05) is 23.1 Å². The summed E-state index contributed by atoms with van der Waals surface area (Å²) in [6.45, 7) is 2.09. The maximum absolute atomic E-state index is 12.4. The molecule has 2 aliphatic rings. The molecular weight excluding hydrogens is 310 g/mol. The van der Waals surface area contributed by atoms with E-state index in [2.05, 4.69) is 0 Å². The van der Waals surface area contributed by atoms with Crippen LogP contribution in [0.1, 0.15) is 25.7 Å². The molecule has 2 aliphatic heterocycles. The van der Waals surface area contributed by atoms with Gasteiger partial charge in [0.1, 0.15) is 12.2 Å². The summed E-state index contributed by atoms with van der Waals surface area (Å²) in [5, 5.41) is 0. The maximum atomic E-state index is 12.4. The number of ether oxygens (including phenoxy) is 4. The normalized spacial score (nSPS) is 21.6. The third-order valence-electron chi connectivity index (χ3n) is 4.63. The summed E-state index contributed by atoms with van der Waals surface area (Å²) >= 11 is 0. The van der Waals surface area contributed by atoms with Crippen molar-refractivity contribution in [3.05, 3.63) is 18.2 Å². The van der Waals surface area contributed by atoms with Gasteiger partial charge in [-0.15, -0.1) is 0 Å². The molecule has 0 N–H and O–H groups in total. The van der Waals surface area contributed by atoms with Crippen molar-refractivity contribution >= 4 is 5.91 Å². The van der Waals surface area contributed by atoms with E-state index in [4.69, 9.17) is 18.9 Å². The number of amides is 1.